The Morgan fingerprint density at radius 1 is 1.47 bits per heavy atom. The van der Waals surface area contributed by atoms with Gasteiger partial charge >= 0.3 is 0 Å². The molecule has 0 saturated heterocycles. The number of amides is 1. The van der Waals surface area contributed by atoms with E-state index in [0.717, 1.165) is 31.6 Å². The molecule has 0 saturated carbocycles. The molecular weight excluding hydrogens is 214 g/mol. The molecule has 1 heterocycles. The number of hydrogen-bond acceptors (Lipinski definition) is 2. The van der Waals surface area contributed by atoms with Crippen molar-refractivity contribution < 1.29 is 4.79 Å². The van der Waals surface area contributed by atoms with Crippen molar-refractivity contribution in [2.24, 2.45) is 5.41 Å². The number of nitrogens with zero attached hydrogens (tertiary/aromatic N) is 1. The number of aryl methyl sites for hydroxylation is 1. The predicted molar refractivity (Wildman–Crippen MR) is 68.6 cm³/mol. The number of aromatic amines is 1. The van der Waals surface area contributed by atoms with E-state index in [1.165, 1.54) is 0 Å². The molecule has 0 atom stereocenters. The smallest absolute Gasteiger partial charge is 0.220 e. The molecule has 1 rings (SSSR count). The molecule has 0 radical (unpaired) electrons. The summed E-state index contributed by atoms with van der Waals surface area (Å²) in [6, 6.07) is 0. The van der Waals surface area contributed by atoms with Gasteiger partial charge in [0.25, 0.3) is 0 Å². The summed E-state index contributed by atoms with van der Waals surface area (Å²) >= 11 is 0. The van der Waals surface area contributed by atoms with E-state index in [2.05, 4.69) is 36.1 Å². The van der Waals surface area contributed by atoms with Gasteiger partial charge in [-0.25, -0.2) is 4.98 Å². The van der Waals surface area contributed by atoms with Crippen LogP contribution in [-0.4, -0.2) is 22.4 Å². The van der Waals surface area contributed by atoms with Crippen molar-refractivity contribution in [1.82, 2.24) is 15.3 Å². The molecule has 1 aromatic heterocycles. The van der Waals surface area contributed by atoms with E-state index in [1.54, 1.807) is 6.20 Å². The third kappa shape index (κ3) is 6.76. The van der Waals surface area contributed by atoms with Crippen LogP contribution in [0.2, 0.25) is 0 Å². The number of nitrogens with one attached hydrogen (secondary N) is 2. The third-order valence-corrected chi connectivity index (χ3v) is 2.57. The Hall–Kier alpha value is -1.32. The van der Waals surface area contributed by atoms with Crippen molar-refractivity contribution >= 4 is 5.91 Å². The SMILES string of the molecule is CC(C)(C)CCC(=O)NCCCc1ncc[nH]1. The van der Waals surface area contributed by atoms with Gasteiger partial charge in [0.05, 0.1) is 0 Å². The van der Waals surface area contributed by atoms with E-state index < -0.39 is 0 Å². The fourth-order valence-corrected chi connectivity index (χ4v) is 1.50. The highest BCUT2D eigenvalue weighted by atomic mass is 16.1. The summed E-state index contributed by atoms with van der Waals surface area (Å²) in [6.07, 6.45) is 6.91. The van der Waals surface area contributed by atoms with E-state index in [9.17, 15) is 4.79 Å². The first-order chi connectivity index (χ1) is 7.97. The first-order valence-electron chi connectivity index (χ1n) is 6.22. The van der Waals surface area contributed by atoms with Gasteiger partial charge in [0.1, 0.15) is 5.82 Å². The van der Waals surface area contributed by atoms with Crippen LogP contribution in [0.15, 0.2) is 12.4 Å². The minimum Gasteiger partial charge on any atom is -0.356 e. The van der Waals surface area contributed by atoms with Crippen LogP contribution < -0.4 is 5.32 Å². The van der Waals surface area contributed by atoms with Crippen molar-refractivity contribution in [3.05, 3.63) is 18.2 Å². The van der Waals surface area contributed by atoms with Gasteiger partial charge in [-0.15, -0.1) is 0 Å². The number of carbonyl (C=O) groups excluding carboxylic acids is 1. The fraction of sp³-hybridized carbons (Fsp3) is 0.692. The second-order valence-electron chi connectivity index (χ2n) is 5.55. The molecule has 0 aliphatic heterocycles. The van der Waals surface area contributed by atoms with Gasteiger partial charge in [0.2, 0.25) is 5.91 Å². The Morgan fingerprint density at radius 2 is 2.24 bits per heavy atom. The topological polar surface area (TPSA) is 57.8 Å². The second kappa shape index (κ2) is 6.42. The van der Waals surface area contributed by atoms with Gasteiger partial charge in [0, 0.05) is 31.8 Å². The standard InChI is InChI=1S/C13H23N3O/c1-13(2,3)7-6-12(17)16-8-4-5-11-14-9-10-15-11/h9-10H,4-8H2,1-3H3,(H,14,15)(H,16,17). The first-order valence-corrected chi connectivity index (χ1v) is 6.22. The van der Waals surface area contributed by atoms with Crippen LogP contribution >= 0.6 is 0 Å². The molecule has 4 nitrogen and oxygen atoms in total. The number of carbonyl (C=O) groups is 1. The molecule has 0 aliphatic rings. The molecule has 0 unspecified atom stereocenters. The highest BCUT2D eigenvalue weighted by Gasteiger charge is 2.12. The lowest BCUT2D eigenvalue weighted by atomic mass is 9.90. The van der Waals surface area contributed by atoms with Crippen molar-refractivity contribution in [1.29, 1.82) is 0 Å². The highest BCUT2D eigenvalue weighted by Crippen LogP contribution is 2.20. The number of imidazole rings is 1. The van der Waals surface area contributed by atoms with Crippen molar-refractivity contribution in [3.8, 4) is 0 Å². The average Bonchev–Trinajstić information content (AvgIpc) is 2.73. The lowest BCUT2D eigenvalue weighted by Gasteiger charge is -2.17. The molecule has 4 heteroatoms. The monoisotopic (exact) mass is 237 g/mol. The van der Waals surface area contributed by atoms with Gasteiger partial charge in [-0.05, 0) is 18.3 Å². The summed E-state index contributed by atoms with van der Waals surface area (Å²) in [5.41, 5.74) is 0.228. The first kappa shape index (κ1) is 13.7. The van der Waals surface area contributed by atoms with Crippen LogP contribution in [0.5, 0.6) is 0 Å². The number of hydrogen-bond donors (Lipinski definition) is 2. The Labute approximate surface area is 103 Å². The molecule has 0 spiro atoms. The summed E-state index contributed by atoms with van der Waals surface area (Å²) in [4.78, 5) is 18.7. The van der Waals surface area contributed by atoms with Crippen molar-refractivity contribution in [2.45, 2.75) is 46.5 Å². The number of H-pyrrole nitrogens is 1. The predicted octanol–water partition coefficient (Wildman–Crippen LogP) is 2.28. The molecule has 0 aromatic carbocycles. The summed E-state index contributed by atoms with van der Waals surface area (Å²) in [5, 5.41) is 2.94. The Morgan fingerprint density at radius 3 is 2.82 bits per heavy atom. The average molecular weight is 237 g/mol. The van der Waals surface area contributed by atoms with Crippen LogP contribution in [0, 0.1) is 5.41 Å². The molecule has 96 valence electrons. The highest BCUT2D eigenvalue weighted by molar-refractivity contribution is 5.75. The summed E-state index contributed by atoms with van der Waals surface area (Å²) in [6.45, 7) is 7.18. The maximum Gasteiger partial charge on any atom is 0.220 e. The van der Waals surface area contributed by atoms with Gasteiger partial charge in [-0.3, -0.25) is 4.79 Å². The van der Waals surface area contributed by atoms with Gasteiger partial charge in [-0.1, -0.05) is 20.8 Å². The Kier molecular flexibility index (Phi) is 5.19. The lowest BCUT2D eigenvalue weighted by Crippen LogP contribution is -2.25. The van der Waals surface area contributed by atoms with Crippen LogP contribution in [0.3, 0.4) is 0 Å². The maximum absolute atomic E-state index is 11.5. The van der Waals surface area contributed by atoms with Crippen molar-refractivity contribution in [3.63, 3.8) is 0 Å². The largest absolute Gasteiger partial charge is 0.356 e. The minimum atomic E-state index is 0.152. The molecule has 0 fully saturated rings. The molecule has 0 bridgehead atoms. The molecule has 1 amide bonds. The fourth-order valence-electron chi connectivity index (χ4n) is 1.50. The van der Waals surface area contributed by atoms with E-state index in [0.29, 0.717) is 6.42 Å². The minimum absolute atomic E-state index is 0.152. The van der Waals surface area contributed by atoms with E-state index in [1.807, 2.05) is 6.20 Å². The third-order valence-electron chi connectivity index (χ3n) is 2.57. The zero-order chi connectivity index (χ0) is 12.7. The van der Waals surface area contributed by atoms with E-state index in [-0.39, 0.29) is 11.3 Å². The van der Waals surface area contributed by atoms with E-state index >= 15 is 0 Å². The Bertz CT molecular complexity index is 325. The molecular formula is C13H23N3O. The molecule has 2 N–H and O–H groups in total. The van der Waals surface area contributed by atoms with Crippen LogP contribution in [-0.2, 0) is 11.2 Å². The summed E-state index contributed by atoms with van der Waals surface area (Å²) in [7, 11) is 0. The molecule has 0 aliphatic carbocycles. The van der Waals surface area contributed by atoms with Crippen LogP contribution in [0.1, 0.15) is 45.9 Å². The van der Waals surface area contributed by atoms with Gasteiger partial charge in [0.15, 0.2) is 0 Å². The lowest BCUT2D eigenvalue weighted by molar-refractivity contribution is -0.121. The quantitative estimate of drug-likeness (QED) is 0.746. The zero-order valence-electron chi connectivity index (χ0n) is 11.0. The van der Waals surface area contributed by atoms with E-state index in [4.69, 9.17) is 0 Å². The normalized spacial score (nSPS) is 11.5. The zero-order valence-corrected chi connectivity index (χ0v) is 11.0. The molecule has 1 aromatic rings. The van der Waals surface area contributed by atoms with Crippen LogP contribution in [0.4, 0.5) is 0 Å². The maximum atomic E-state index is 11.5. The number of aromatic nitrogens is 2. The molecule has 17 heavy (non-hydrogen) atoms. The summed E-state index contributed by atoms with van der Waals surface area (Å²) < 4.78 is 0. The Balaban J connectivity index is 2.04. The van der Waals surface area contributed by atoms with Crippen molar-refractivity contribution in [2.75, 3.05) is 6.54 Å². The second-order valence-corrected chi connectivity index (χ2v) is 5.55. The van der Waals surface area contributed by atoms with Crippen LogP contribution in [0.25, 0.3) is 0 Å². The summed E-state index contributed by atoms with van der Waals surface area (Å²) in [5.74, 6) is 1.13. The number of rotatable bonds is 6. The van der Waals surface area contributed by atoms with Gasteiger partial charge in [-0.2, -0.15) is 0 Å². The van der Waals surface area contributed by atoms with Gasteiger partial charge < -0.3 is 10.3 Å².